The number of nitrogens with zero attached hydrogens (tertiary/aromatic N) is 3. The fourth-order valence-corrected chi connectivity index (χ4v) is 3.85. The van der Waals surface area contributed by atoms with Crippen molar-refractivity contribution in [3.8, 4) is 5.69 Å². The molecule has 30 heavy (non-hydrogen) atoms. The summed E-state index contributed by atoms with van der Waals surface area (Å²) < 4.78 is 68.3. The molecule has 0 saturated carbocycles. The SMILES string of the molecule is O=c1c2cn[nH]c2nc(SCc2c(F)cccc2F)n1-c1cccc(C(F)(F)F)c1. The third-order valence-electron chi connectivity index (χ3n) is 4.29. The second-order valence-corrected chi connectivity index (χ2v) is 7.15. The Hall–Kier alpha value is -3.21. The van der Waals surface area contributed by atoms with Gasteiger partial charge in [0, 0.05) is 11.3 Å². The fraction of sp³-hybridized carbons (Fsp3) is 0.105. The van der Waals surface area contributed by atoms with Crippen LogP contribution in [0, 0.1) is 11.6 Å². The first-order valence-electron chi connectivity index (χ1n) is 8.45. The van der Waals surface area contributed by atoms with Crippen LogP contribution in [0.15, 0.2) is 58.6 Å². The van der Waals surface area contributed by atoms with Gasteiger partial charge in [-0.05, 0) is 30.3 Å². The maximum atomic E-state index is 14.0. The molecular weight excluding hydrogens is 427 g/mol. The minimum Gasteiger partial charge on any atom is -0.268 e. The molecule has 0 atom stereocenters. The lowest BCUT2D eigenvalue weighted by molar-refractivity contribution is -0.137. The van der Waals surface area contributed by atoms with E-state index >= 15 is 0 Å². The van der Waals surface area contributed by atoms with Crippen LogP contribution in [-0.4, -0.2) is 19.7 Å². The van der Waals surface area contributed by atoms with Gasteiger partial charge in [0.25, 0.3) is 5.56 Å². The molecule has 0 saturated heterocycles. The maximum absolute atomic E-state index is 14.0. The number of fused-ring (bicyclic) bond motifs is 1. The summed E-state index contributed by atoms with van der Waals surface area (Å²) in [6, 6.07) is 7.55. The first-order valence-corrected chi connectivity index (χ1v) is 9.43. The summed E-state index contributed by atoms with van der Waals surface area (Å²) in [6.07, 6.45) is -3.41. The van der Waals surface area contributed by atoms with Crippen LogP contribution in [0.25, 0.3) is 16.7 Å². The van der Waals surface area contributed by atoms with Crippen LogP contribution in [0.1, 0.15) is 11.1 Å². The molecule has 2 heterocycles. The van der Waals surface area contributed by atoms with Crippen LogP contribution >= 0.6 is 11.8 Å². The lowest BCUT2D eigenvalue weighted by atomic mass is 10.2. The highest BCUT2D eigenvalue weighted by molar-refractivity contribution is 7.98. The Bertz CT molecular complexity index is 1280. The van der Waals surface area contributed by atoms with Crippen molar-refractivity contribution in [3.05, 3.63) is 81.8 Å². The topological polar surface area (TPSA) is 63.6 Å². The predicted octanol–water partition coefficient (Wildman–Crippen LogP) is 4.70. The molecule has 0 aliphatic carbocycles. The second-order valence-electron chi connectivity index (χ2n) is 6.20. The van der Waals surface area contributed by atoms with E-state index < -0.39 is 28.9 Å². The summed E-state index contributed by atoms with van der Waals surface area (Å²) in [7, 11) is 0. The summed E-state index contributed by atoms with van der Waals surface area (Å²) in [6.45, 7) is 0. The van der Waals surface area contributed by atoms with Gasteiger partial charge in [-0.3, -0.25) is 14.5 Å². The van der Waals surface area contributed by atoms with Crippen molar-refractivity contribution in [3.63, 3.8) is 0 Å². The lowest BCUT2D eigenvalue weighted by Gasteiger charge is -2.14. The van der Waals surface area contributed by atoms with E-state index in [4.69, 9.17) is 0 Å². The third-order valence-corrected chi connectivity index (χ3v) is 5.26. The van der Waals surface area contributed by atoms with Crippen LogP contribution in [0.2, 0.25) is 0 Å². The van der Waals surface area contributed by atoms with Crippen LogP contribution in [0.5, 0.6) is 0 Å². The standard InChI is InChI=1S/C19H11F5N4OS/c20-14-5-2-6-15(21)13(14)9-30-18-26-16-12(8-25-27-16)17(29)28(18)11-4-1-3-10(7-11)19(22,23)24/h1-8H,9H2,(H,25,27). The highest BCUT2D eigenvalue weighted by Crippen LogP contribution is 2.32. The van der Waals surface area contributed by atoms with Crippen LogP contribution in [-0.2, 0) is 11.9 Å². The number of aromatic nitrogens is 4. The number of thioether (sulfide) groups is 1. The smallest absolute Gasteiger partial charge is 0.268 e. The summed E-state index contributed by atoms with van der Waals surface area (Å²) in [5, 5.41) is 6.27. The van der Waals surface area contributed by atoms with E-state index in [9.17, 15) is 26.7 Å². The first-order chi connectivity index (χ1) is 14.3. The Morgan fingerprint density at radius 3 is 2.47 bits per heavy atom. The molecular formula is C19H11F5N4OS. The molecule has 1 N–H and O–H groups in total. The summed E-state index contributed by atoms with van der Waals surface area (Å²) in [4.78, 5) is 17.2. The van der Waals surface area contributed by atoms with Gasteiger partial charge in [0.2, 0.25) is 0 Å². The van der Waals surface area contributed by atoms with E-state index in [1.165, 1.54) is 18.3 Å². The maximum Gasteiger partial charge on any atom is 0.416 e. The molecule has 11 heteroatoms. The van der Waals surface area contributed by atoms with E-state index in [0.717, 1.165) is 46.7 Å². The summed E-state index contributed by atoms with van der Waals surface area (Å²) >= 11 is 0.812. The van der Waals surface area contributed by atoms with Crippen molar-refractivity contribution in [1.29, 1.82) is 0 Å². The molecule has 4 aromatic rings. The molecule has 0 amide bonds. The fourth-order valence-electron chi connectivity index (χ4n) is 2.83. The van der Waals surface area contributed by atoms with E-state index in [1.807, 2.05) is 0 Å². The summed E-state index contributed by atoms with van der Waals surface area (Å²) in [5.41, 5.74) is -1.82. The molecule has 2 aromatic carbocycles. The van der Waals surface area contributed by atoms with Crippen LogP contribution in [0.3, 0.4) is 0 Å². The molecule has 0 unspecified atom stereocenters. The molecule has 154 valence electrons. The van der Waals surface area contributed by atoms with E-state index in [2.05, 4.69) is 15.2 Å². The molecule has 0 aliphatic heterocycles. The Morgan fingerprint density at radius 2 is 1.77 bits per heavy atom. The number of alkyl halides is 3. The zero-order chi connectivity index (χ0) is 21.5. The molecule has 2 aromatic heterocycles. The van der Waals surface area contributed by atoms with Gasteiger partial charge in [-0.2, -0.15) is 18.3 Å². The van der Waals surface area contributed by atoms with Crippen molar-refractivity contribution in [2.75, 3.05) is 0 Å². The van der Waals surface area contributed by atoms with Gasteiger partial charge in [0.1, 0.15) is 17.0 Å². The Morgan fingerprint density at radius 1 is 1.07 bits per heavy atom. The van der Waals surface area contributed by atoms with Crippen LogP contribution in [0.4, 0.5) is 22.0 Å². The number of halogens is 5. The molecule has 5 nitrogen and oxygen atoms in total. The van der Waals surface area contributed by atoms with Crippen molar-refractivity contribution < 1.29 is 22.0 Å². The largest absolute Gasteiger partial charge is 0.416 e. The second kappa shape index (κ2) is 7.56. The van der Waals surface area contributed by atoms with Crippen molar-refractivity contribution >= 4 is 22.8 Å². The minimum atomic E-state index is -4.61. The minimum absolute atomic E-state index is 0.0428. The summed E-state index contributed by atoms with van der Waals surface area (Å²) in [5.74, 6) is -1.79. The number of hydrogen-bond acceptors (Lipinski definition) is 4. The zero-order valence-corrected chi connectivity index (χ0v) is 15.7. The average Bonchev–Trinajstić information content (AvgIpc) is 3.16. The van der Waals surface area contributed by atoms with Crippen LogP contribution < -0.4 is 5.56 Å². The predicted molar refractivity (Wildman–Crippen MR) is 100 cm³/mol. The number of H-pyrrole nitrogens is 1. The molecule has 0 aliphatic rings. The molecule has 0 radical (unpaired) electrons. The quantitative estimate of drug-likeness (QED) is 0.285. The molecule has 0 fully saturated rings. The number of hydrogen-bond donors (Lipinski definition) is 1. The average molecular weight is 438 g/mol. The van der Waals surface area contributed by atoms with Crippen molar-refractivity contribution in [2.24, 2.45) is 0 Å². The molecule has 0 bridgehead atoms. The van der Waals surface area contributed by atoms with Crippen molar-refractivity contribution in [1.82, 2.24) is 19.7 Å². The van der Waals surface area contributed by atoms with E-state index in [1.54, 1.807) is 0 Å². The Labute approximate surface area is 169 Å². The third kappa shape index (κ3) is 3.67. The number of nitrogens with one attached hydrogen (secondary N) is 1. The molecule has 4 rings (SSSR count). The zero-order valence-electron chi connectivity index (χ0n) is 14.9. The Kier molecular flexibility index (Phi) is 5.06. The highest BCUT2D eigenvalue weighted by Gasteiger charge is 2.31. The van der Waals surface area contributed by atoms with E-state index in [0.29, 0.717) is 0 Å². The van der Waals surface area contributed by atoms with Gasteiger partial charge in [0.15, 0.2) is 10.8 Å². The van der Waals surface area contributed by atoms with E-state index in [-0.39, 0.29) is 33.2 Å². The highest BCUT2D eigenvalue weighted by atomic mass is 32.2. The number of aromatic amines is 1. The number of benzene rings is 2. The van der Waals surface area contributed by atoms with Gasteiger partial charge in [-0.25, -0.2) is 13.8 Å². The first kappa shape index (κ1) is 20.1. The van der Waals surface area contributed by atoms with Gasteiger partial charge >= 0.3 is 6.18 Å². The lowest BCUT2D eigenvalue weighted by Crippen LogP contribution is -2.22. The van der Waals surface area contributed by atoms with Gasteiger partial charge in [-0.15, -0.1) is 0 Å². The monoisotopic (exact) mass is 438 g/mol. The Balaban J connectivity index is 1.85. The van der Waals surface area contributed by atoms with Gasteiger partial charge in [0.05, 0.1) is 17.4 Å². The van der Waals surface area contributed by atoms with Gasteiger partial charge in [-0.1, -0.05) is 23.9 Å². The molecule has 0 spiro atoms. The van der Waals surface area contributed by atoms with Crippen molar-refractivity contribution in [2.45, 2.75) is 17.1 Å². The normalized spacial score (nSPS) is 11.9. The number of rotatable bonds is 4. The van der Waals surface area contributed by atoms with Gasteiger partial charge < -0.3 is 0 Å².